The van der Waals surface area contributed by atoms with Gasteiger partial charge >= 0.3 is 5.97 Å². The fraction of sp³-hybridized carbons (Fsp3) is 0.611. The maximum absolute atomic E-state index is 11.4. The van der Waals surface area contributed by atoms with E-state index < -0.39 is 11.8 Å². The van der Waals surface area contributed by atoms with E-state index in [9.17, 15) is 9.90 Å². The Morgan fingerprint density at radius 1 is 1.24 bits per heavy atom. The van der Waals surface area contributed by atoms with Gasteiger partial charge in [0, 0.05) is 24.4 Å². The largest absolute Gasteiger partial charge is 0.478 e. The van der Waals surface area contributed by atoms with E-state index in [2.05, 4.69) is 19.0 Å². The van der Waals surface area contributed by atoms with Gasteiger partial charge in [0.25, 0.3) is 5.79 Å². The lowest BCUT2D eigenvalue weighted by atomic mass is 9.81. The van der Waals surface area contributed by atoms with Crippen molar-refractivity contribution in [1.29, 1.82) is 0 Å². The molecule has 0 aromatic heterocycles. The molecule has 25 heavy (non-hydrogen) atoms. The summed E-state index contributed by atoms with van der Waals surface area (Å²) in [4.78, 5) is 13.6. The number of carboxylic acids is 1. The van der Waals surface area contributed by atoms with E-state index in [0.717, 1.165) is 25.7 Å². The first-order valence-corrected chi connectivity index (χ1v) is 8.71. The number of benzene rings is 1. The molecule has 1 aromatic carbocycles. The van der Waals surface area contributed by atoms with E-state index >= 15 is 0 Å². The van der Waals surface area contributed by atoms with Crippen LogP contribution in [0.3, 0.4) is 0 Å². The van der Waals surface area contributed by atoms with Crippen molar-refractivity contribution in [3.63, 3.8) is 0 Å². The molecule has 1 N–H and O–H groups in total. The number of hydrogen-bond donors (Lipinski definition) is 1. The molecule has 3 rings (SSSR count). The SMILES string of the molecule is Cc1c(C(=O)O)cc(Cl)c2c1OC(C)(C1CCC(N(C)C)CC1)O2.Cl. The molecule has 1 atom stereocenters. The van der Waals surface area contributed by atoms with Crippen LogP contribution in [0.1, 0.15) is 48.5 Å². The normalized spacial score (nSPS) is 27.9. The topological polar surface area (TPSA) is 59.0 Å². The molecule has 2 aliphatic rings. The maximum atomic E-state index is 11.4. The number of fused-ring (bicyclic) bond motifs is 1. The second kappa shape index (κ2) is 7.22. The summed E-state index contributed by atoms with van der Waals surface area (Å²) in [6.07, 6.45) is 4.22. The van der Waals surface area contributed by atoms with Crippen molar-refractivity contribution < 1.29 is 19.4 Å². The predicted molar refractivity (Wildman–Crippen MR) is 99.5 cm³/mol. The summed E-state index contributed by atoms with van der Waals surface area (Å²) >= 11 is 6.25. The van der Waals surface area contributed by atoms with Gasteiger partial charge in [-0.05, 0) is 52.8 Å². The minimum absolute atomic E-state index is 0. The van der Waals surface area contributed by atoms with Gasteiger partial charge in [0.15, 0.2) is 11.5 Å². The van der Waals surface area contributed by atoms with Crippen LogP contribution in [0.5, 0.6) is 11.5 Å². The highest BCUT2D eigenvalue weighted by molar-refractivity contribution is 6.32. The second-order valence-corrected chi connectivity index (χ2v) is 7.59. The number of hydrogen-bond acceptors (Lipinski definition) is 4. The van der Waals surface area contributed by atoms with Gasteiger partial charge in [-0.2, -0.15) is 0 Å². The number of carbonyl (C=O) groups is 1. The van der Waals surface area contributed by atoms with Crippen molar-refractivity contribution in [3.05, 3.63) is 22.2 Å². The van der Waals surface area contributed by atoms with Crippen LogP contribution < -0.4 is 9.47 Å². The van der Waals surface area contributed by atoms with Crippen LogP contribution in [0.15, 0.2) is 6.07 Å². The summed E-state index contributed by atoms with van der Waals surface area (Å²) in [6, 6.07) is 2.04. The number of nitrogens with zero attached hydrogens (tertiary/aromatic N) is 1. The molecule has 1 aromatic rings. The molecule has 0 saturated heterocycles. The zero-order chi connectivity index (χ0) is 17.6. The molecule has 1 saturated carbocycles. The van der Waals surface area contributed by atoms with Crippen LogP contribution in [-0.2, 0) is 0 Å². The quantitative estimate of drug-likeness (QED) is 0.830. The standard InChI is InChI=1S/C18H24ClNO4.ClH/c1-10-13(17(21)22)9-14(19)16-15(10)23-18(2,24-16)11-5-7-12(8-6-11)20(3)4;/h9,11-12H,5-8H2,1-4H3,(H,21,22);1H. The van der Waals surface area contributed by atoms with Crippen molar-refractivity contribution in [2.24, 2.45) is 5.92 Å². The third-order valence-corrected chi connectivity index (χ3v) is 5.73. The predicted octanol–water partition coefficient (Wildman–Crippen LogP) is 4.38. The smallest absolute Gasteiger partial charge is 0.336 e. The number of aromatic carboxylic acids is 1. The Hall–Kier alpha value is -1.17. The highest BCUT2D eigenvalue weighted by atomic mass is 35.5. The third-order valence-electron chi connectivity index (χ3n) is 5.45. The molecule has 1 aliphatic carbocycles. The van der Waals surface area contributed by atoms with Crippen LogP contribution >= 0.6 is 24.0 Å². The molecule has 1 fully saturated rings. The molecular weight excluding hydrogens is 365 g/mol. The second-order valence-electron chi connectivity index (χ2n) is 7.18. The van der Waals surface area contributed by atoms with E-state index in [-0.39, 0.29) is 23.9 Å². The Balaban J connectivity index is 0.00000225. The van der Waals surface area contributed by atoms with Gasteiger partial charge in [0.1, 0.15) is 0 Å². The summed E-state index contributed by atoms with van der Waals surface area (Å²) in [5.41, 5.74) is 0.718. The summed E-state index contributed by atoms with van der Waals surface area (Å²) < 4.78 is 12.3. The first-order valence-electron chi connectivity index (χ1n) is 8.33. The summed E-state index contributed by atoms with van der Waals surface area (Å²) in [6.45, 7) is 3.67. The van der Waals surface area contributed by atoms with E-state index in [0.29, 0.717) is 28.1 Å². The van der Waals surface area contributed by atoms with Crippen LogP contribution in [0, 0.1) is 12.8 Å². The van der Waals surface area contributed by atoms with Gasteiger partial charge in [-0.1, -0.05) is 11.6 Å². The highest BCUT2D eigenvalue weighted by Crippen LogP contribution is 2.51. The Labute approximate surface area is 159 Å². The lowest BCUT2D eigenvalue weighted by Crippen LogP contribution is -2.46. The van der Waals surface area contributed by atoms with E-state index in [1.807, 2.05) is 6.92 Å². The van der Waals surface area contributed by atoms with E-state index in [4.69, 9.17) is 21.1 Å². The molecule has 1 unspecified atom stereocenters. The zero-order valence-electron chi connectivity index (χ0n) is 15.0. The maximum Gasteiger partial charge on any atom is 0.336 e. The fourth-order valence-corrected chi connectivity index (χ4v) is 4.08. The van der Waals surface area contributed by atoms with Crippen molar-refractivity contribution in [1.82, 2.24) is 4.90 Å². The van der Waals surface area contributed by atoms with Crippen LogP contribution in [0.2, 0.25) is 5.02 Å². The number of halogens is 2. The van der Waals surface area contributed by atoms with Gasteiger partial charge in [-0.15, -0.1) is 12.4 Å². The molecule has 1 aliphatic heterocycles. The first kappa shape index (κ1) is 20.1. The Morgan fingerprint density at radius 2 is 1.80 bits per heavy atom. The van der Waals surface area contributed by atoms with Crippen LogP contribution in [0.4, 0.5) is 0 Å². The summed E-state index contributed by atoms with van der Waals surface area (Å²) in [7, 11) is 4.23. The fourth-order valence-electron chi connectivity index (χ4n) is 3.85. The molecule has 0 spiro atoms. The molecule has 140 valence electrons. The average molecular weight is 390 g/mol. The van der Waals surface area contributed by atoms with Gasteiger partial charge < -0.3 is 19.5 Å². The van der Waals surface area contributed by atoms with Crippen molar-refractivity contribution >= 4 is 30.0 Å². The van der Waals surface area contributed by atoms with Gasteiger partial charge in [0.05, 0.1) is 10.6 Å². The number of rotatable bonds is 3. The Kier molecular flexibility index (Phi) is 5.81. The van der Waals surface area contributed by atoms with E-state index in [1.165, 1.54) is 6.07 Å². The summed E-state index contributed by atoms with van der Waals surface area (Å²) in [5.74, 6) is -0.607. The zero-order valence-corrected chi connectivity index (χ0v) is 16.5. The summed E-state index contributed by atoms with van der Waals surface area (Å²) in [5, 5.41) is 9.61. The minimum Gasteiger partial charge on any atom is -0.478 e. The van der Waals surface area contributed by atoms with Crippen LogP contribution in [-0.4, -0.2) is 41.9 Å². The molecule has 1 heterocycles. The minimum atomic E-state index is -1.01. The molecule has 0 radical (unpaired) electrons. The highest BCUT2D eigenvalue weighted by Gasteiger charge is 2.47. The average Bonchev–Trinajstić information content (AvgIpc) is 2.91. The van der Waals surface area contributed by atoms with Crippen molar-refractivity contribution in [2.45, 2.75) is 51.4 Å². The van der Waals surface area contributed by atoms with Gasteiger partial charge in [-0.3, -0.25) is 0 Å². The molecule has 0 amide bonds. The Bertz CT molecular complexity index is 672. The molecule has 0 bridgehead atoms. The number of carboxylic acid groups (broad SMARTS) is 1. The van der Waals surface area contributed by atoms with Gasteiger partial charge in [-0.25, -0.2) is 4.79 Å². The third kappa shape index (κ3) is 3.55. The molecular formula is C18H25Cl2NO4. The van der Waals surface area contributed by atoms with E-state index in [1.54, 1.807) is 6.92 Å². The van der Waals surface area contributed by atoms with Crippen LogP contribution in [0.25, 0.3) is 0 Å². The lowest BCUT2D eigenvalue weighted by molar-refractivity contribution is -0.123. The number of ether oxygens (including phenoxy) is 2. The molecule has 7 heteroatoms. The lowest BCUT2D eigenvalue weighted by Gasteiger charge is -2.39. The first-order chi connectivity index (χ1) is 11.2. The van der Waals surface area contributed by atoms with Crippen molar-refractivity contribution in [2.75, 3.05) is 14.1 Å². The van der Waals surface area contributed by atoms with Gasteiger partial charge in [0.2, 0.25) is 0 Å². The monoisotopic (exact) mass is 389 g/mol. The molecule has 5 nitrogen and oxygen atoms in total. The van der Waals surface area contributed by atoms with Crippen molar-refractivity contribution in [3.8, 4) is 11.5 Å². The Morgan fingerprint density at radius 3 is 2.32 bits per heavy atom.